The molecule has 0 fully saturated rings. The summed E-state index contributed by atoms with van der Waals surface area (Å²) in [6.45, 7) is 3.90. The minimum Gasteiger partial charge on any atom is -0.468 e. The second-order valence-corrected chi connectivity index (χ2v) is 7.28. The first-order valence-corrected chi connectivity index (χ1v) is 8.09. The Labute approximate surface area is 145 Å². The average molecular weight is 345 g/mol. The molecule has 0 bridgehead atoms. The van der Waals surface area contributed by atoms with Crippen LogP contribution in [0.2, 0.25) is 0 Å². The molecule has 0 spiro atoms. The lowest BCUT2D eigenvalue weighted by Crippen LogP contribution is -2.42. The number of ketones is 1. The third-order valence-electron chi connectivity index (χ3n) is 4.70. The Morgan fingerprint density at radius 1 is 1.36 bits per heavy atom. The number of ether oxygens (including phenoxy) is 2. The Morgan fingerprint density at radius 3 is 2.72 bits per heavy atom. The fourth-order valence-corrected chi connectivity index (χ4v) is 3.66. The third-order valence-corrected chi connectivity index (χ3v) is 4.70. The predicted molar refractivity (Wildman–Crippen MR) is 88.5 cm³/mol. The fourth-order valence-electron chi connectivity index (χ4n) is 3.66. The Morgan fingerprint density at radius 2 is 2.08 bits per heavy atom. The quantitative estimate of drug-likeness (QED) is 0.834. The molecule has 3 rings (SSSR count). The highest BCUT2D eigenvalue weighted by Crippen LogP contribution is 2.48. The van der Waals surface area contributed by atoms with Gasteiger partial charge in [-0.25, -0.2) is 4.39 Å². The first-order valence-electron chi connectivity index (χ1n) is 8.09. The molecule has 1 aromatic rings. The molecular formula is C19H20FNO4. The van der Waals surface area contributed by atoms with Gasteiger partial charge in [0.15, 0.2) is 5.78 Å². The highest BCUT2D eigenvalue weighted by Gasteiger charge is 2.49. The van der Waals surface area contributed by atoms with Gasteiger partial charge in [-0.05, 0) is 23.1 Å². The molecule has 0 aromatic heterocycles. The van der Waals surface area contributed by atoms with Crippen molar-refractivity contribution in [2.75, 3.05) is 7.11 Å². The Bertz CT molecular complexity index is 796. The number of esters is 1. The predicted octanol–water partition coefficient (Wildman–Crippen LogP) is 3.35. The largest absolute Gasteiger partial charge is 0.468 e. The lowest BCUT2D eigenvalue weighted by molar-refractivity contribution is -0.144. The van der Waals surface area contributed by atoms with Gasteiger partial charge in [0.05, 0.1) is 7.11 Å². The van der Waals surface area contributed by atoms with Crippen LogP contribution in [0.5, 0.6) is 0 Å². The van der Waals surface area contributed by atoms with Gasteiger partial charge in [-0.2, -0.15) is 0 Å². The number of benzene rings is 1. The van der Waals surface area contributed by atoms with E-state index in [0.717, 1.165) is 0 Å². The number of carbonyl (C=O) groups is 2. The minimum absolute atomic E-state index is 0.137. The first kappa shape index (κ1) is 17.3. The van der Waals surface area contributed by atoms with Gasteiger partial charge in [0.25, 0.3) is 0 Å². The van der Waals surface area contributed by atoms with Crippen molar-refractivity contribution in [2.45, 2.75) is 32.6 Å². The van der Waals surface area contributed by atoms with Gasteiger partial charge in [-0.3, -0.25) is 15.0 Å². The van der Waals surface area contributed by atoms with Crippen LogP contribution in [0.4, 0.5) is 4.39 Å². The van der Waals surface area contributed by atoms with Gasteiger partial charge in [0.2, 0.25) is 5.90 Å². The highest BCUT2D eigenvalue weighted by atomic mass is 19.1. The fraction of sp³-hybridized carbons (Fsp3) is 0.421. The summed E-state index contributed by atoms with van der Waals surface area (Å²) in [7, 11) is 1.22. The van der Waals surface area contributed by atoms with Crippen molar-refractivity contribution >= 4 is 17.7 Å². The molecule has 1 aromatic carbocycles. The summed E-state index contributed by atoms with van der Waals surface area (Å²) in [5, 5.41) is 8.17. The van der Waals surface area contributed by atoms with Crippen molar-refractivity contribution in [2.24, 2.45) is 11.3 Å². The van der Waals surface area contributed by atoms with Gasteiger partial charge >= 0.3 is 5.97 Å². The van der Waals surface area contributed by atoms with Crippen LogP contribution < -0.4 is 0 Å². The highest BCUT2D eigenvalue weighted by molar-refractivity contribution is 6.06. The van der Waals surface area contributed by atoms with Gasteiger partial charge < -0.3 is 9.47 Å². The van der Waals surface area contributed by atoms with Crippen LogP contribution in [0.15, 0.2) is 35.6 Å². The zero-order valence-electron chi connectivity index (χ0n) is 14.4. The molecule has 0 saturated heterocycles. The van der Waals surface area contributed by atoms with E-state index in [1.165, 1.54) is 25.3 Å². The Hall–Kier alpha value is -2.50. The number of carbonyl (C=O) groups excluding carboxylic acids is 2. The lowest BCUT2D eigenvalue weighted by Gasteiger charge is -2.40. The van der Waals surface area contributed by atoms with Crippen molar-refractivity contribution in [1.29, 1.82) is 5.41 Å². The molecule has 5 nitrogen and oxygen atoms in total. The molecule has 1 aliphatic carbocycles. The molecule has 132 valence electrons. The van der Waals surface area contributed by atoms with Crippen LogP contribution in [-0.4, -0.2) is 24.8 Å². The molecule has 6 heteroatoms. The molecule has 0 saturated carbocycles. The molecule has 2 unspecified atom stereocenters. The first-order chi connectivity index (χ1) is 11.7. The van der Waals surface area contributed by atoms with Gasteiger partial charge in [-0.1, -0.05) is 26.0 Å². The van der Waals surface area contributed by atoms with E-state index < -0.39 is 23.6 Å². The second kappa shape index (κ2) is 6.10. The van der Waals surface area contributed by atoms with Gasteiger partial charge in [0, 0.05) is 24.3 Å². The van der Waals surface area contributed by atoms with E-state index in [9.17, 15) is 14.0 Å². The molecule has 2 aliphatic rings. The van der Waals surface area contributed by atoms with Crippen molar-refractivity contribution in [1.82, 2.24) is 0 Å². The number of allylic oxidation sites excluding steroid dienone is 2. The van der Waals surface area contributed by atoms with Crippen molar-refractivity contribution in [3.8, 4) is 0 Å². The molecule has 1 heterocycles. The van der Waals surface area contributed by atoms with Crippen LogP contribution in [0, 0.1) is 22.6 Å². The van der Waals surface area contributed by atoms with Gasteiger partial charge in [0.1, 0.15) is 17.5 Å². The van der Waals surface area contributed by atoms with E-state index in [0.29, 0.717) is 29.7 Å². The number of Topliss-reactive ketones (excluding diaryl/α,β-unsaturated/α-hetero) is 1. The van der Waals surface area contributed by atoms with Crippen molar-refractivity contribution < 1.29 is 23.5 Å². The summed E-state index contributed by atoms with van der Waals surface area (Å²) in [5.41, 5.74) is 0.529. The number of nitrogens with one attached hydrogen (secondary N) is 1. The van der Waals surface area contributed by atoms with Crippen molar-refractivity contribution in [3.63, 3.8) is 0 Å². The second-order valence-electron chi connectivity index (χ2n) is 7.28. The normalized spacial score (nSPS) is 25.3. The van der Waals surface area contributed by atoms with Crippen LogP contribution in [-0.2, 0) is 19.1 Å². The van der Waals surface area contributed by atoms with E-state index in [1.807, 2.05) is 13.8 Å². The van der Waals surface area contributed by atoms with E-state index in [-0.39, 0.29) is 17.1 Å². The van der Waals surface area contributed by atoms with E-state index >= 15 is 0 Å². The minimum atomic E-state index is -1.10. The van der Waals surface area contributed by atoms with E-state index in [4.69, 9.17) is 14.9 Å². The summed E-state index contributed by atoms with van der Waals surface area (Å²) < 4.78 is 24.1. The summed E-state index contributed by atoms with van der Waals surface area (Å²) in [6, 6.07) is 5.76. The SMILES string of the molecule is COC(=O)C1C(=N)OC2=C(C(=O)CC(C)(C)C2)C1c1cccc(F)c1. The van der Waals surface area contributed by atoms with Crippen LogP contribution in [0.3, 0.4) is 0 Å². The third kappa shape index (κ3) is 3.08. The summed E-state index contributed by atoms with van der Waals surface area (Å²) >= 11 is 0. The Balaban J connectivity index is 2.20. The Kier molecular flexibility index (Phi) is 4.22. The number of hydrogen-bond donors (Lipinski definition) is 1. The van der Waals surface area contributed by atoms with Gasteiger partial charge in [-0.15, -0.1) is 0 Å². The van der Waals surface area contributed by atoms with Crippen LogP contribution in [0.25, 0.3) is 0 Å². The molecule has 2 atom stereocenters. The molecular weight excluding hydrogens is 325 g/mol. The average Bonchev–Trinajstić information content (AvgIpc) is 2.51. The maximum atomic E-state index is 13.8. The number of hydrogen-bond acceptors (Lipinski definition) is 5. The maximum absolute atomic E-state index is 13.8. The van der Waals surface area contributed by atoms with Crippen LogP contribution in [0.1, 0.15) is 38.2 Å². The summed E-state index contributed by atoms with van der Waals surface area (Å²) in [4.78, 5) is 25.1. The molecule has 1 aliphatic heterocycles. The van der Waals surface area contributed by atoms with E-state index in [2.05, 4.69) is 0 Å². The van der Waals surface area contributed by atoms with Crippen molar-refractivity contribution in [3.05, 3.63) is 47.0 Å². The van der Waals surface area contributed by atoms with E-state index in [1.54, 1.807) is 6.07 Å². The molecule has 0 amide bonds. The topological polar surface area (TPSA) is 76.5 Å². The summed E-state index contributed by atoms with van der Waals surface area (Å²) in [5.74, 6) is -3.03. The summed E-state index contributed by atoms with van der Waals surface area (Å²) in [6.07, 6.45) is 0.790. The standard InChI is InChI=1S/C19H20FNO4/c1-19(2)8-12(22)15-13(9-19)25-17(21)16(18(23)24-3)14(15)10-5-4-6-11(20)7-10/h4-7,14,16,21H,8-9H2,1-3H3. The molecule has 1 N–H and O–H groups in total. The number of rotatable bonds is 2. The zero-order valence-corrected chi connectivity index (χ0v) is 14.4. The molecule has 0 radical (unpaired) electrons. The maximum Gasteiger partial charge on any atom is 0.319 e. The zero-order chi connectivity index (χ0) is 18.4. The van der Waals surface area contributed by atoms with Crippen LogP contribution >= 0.6 is 0 Å². The number of methoxy groups -OCH3 is 1. The lowest BCUT2D eigenvalue weighted by atomic mass is 9.68. The molecule has 25 heavy (non-hydrogen) atoms. The smallest absolute Gasteiger partial charge is 0.319 e. The monoisotopic (exact) mass is 345 g/mol. The number of halogens is 1.